The number of phenols is 1. The van der Waals surface area contributed by atoms with Gasteiger partial charge in [-0.25, -0.2) is 4.79 Å². The molecule has 0 heterocycles. The normalized spacial score (nSPS) is 13.4. The number of halogens is 1. The van der Waals surface area contributed by atoms with Crippen molar-refractivity contribution < 1.29 is 65.5 Å². The zero-order valence-corrected chi connectivity index (χ0v) is 25.4. The van der Waals surface area contributed by atoms with E-state index in [9.17, 15) is 55.3 Å². The Hall–Kier alpha value is -4.54. The number of alkyl halides is 1. The molecule has 3 rings (SSSR count). The highest BCUT2D eigenvalue weighted by Gasteiger charge is 2.26. The minimum absolute atomic E-state index is 0.0823. The first-order valence-electron chi connectivity index (χ1n) is 12.0. The summed E-state index contributed by atoms with van der Waals surface area (Å²) in [5.41, 5.74) is -1.79. The van der Waals surface area contributed by atoms with E-state index in [0.29, 0.717) is 6.07 Å². The second-order valence-electron chi connectivity index (χ2n) is 8.96. The topological polar surface area (TPSA) is 307 Å². The van der Waals surface area contributed by atoms with Crippen LogP contribution in [0.5, 0.6) is 5.75 Å². The number of nitrogens with one attached hydrogen (secondary N) is 2. The SMILES string of the molecule is O=C(O)CC(NCC(Br)C(=O)Nc1ccc(N=Nc2cc(S(=O)(=O)O)c3cccc(S(=O)(=O)O)c3c2O)c(C(=O)O)c1)C(=O)O. The molecule has 8 N–H and O–H groups in total. The zero-order chi connectivity index (χ0) is 33.9. The van der Waals surface area contributed by atoms with Crippen molar-refractivity contribution in [3.63, 3.8) is 0 Å². The van der Waals surface area contributed by atoms with Gasteiger partial charge in [0.1, 0.15) is 32.0 Å². The molecule has 0 aliphatic rings. The van der Waals surface area contributed by atoms with Gasteiger partial charge in [0.25, 0.3) is 20.2 Å². The summed E-state index contributed by atoms with van der Waals surface area (Å²) in [4.78, 5) is 43.5. The lowest BCUT2D eigenvalue weighted by atomic mass is 10.1. The van der Waals surface area contributed by atoms with Crippen LogP contribution in [0.3, 0.4) is 0 Å². The first kappa shape index (κ1) is 34.9. The van der Waals surface area contributed by atoms with Crippen LogP contribution < -0.4 is 10.6 Å². The van der Waals surface area contributed by atoms with Crippen LogP contribution in [-0.2, 0) is 34.6 Å². The highest BCUT2D eigenvalue weighted by molar-refractivity contribution is 9.10. The van der Waals surface area contributed by atoms with Crippen LogP contribution in [0.25, 0.3) is 10.8 Å². The molecular weight excluding hydrogens is 712 g/mol. The summed E-state index contributed by atoms with van der Waals surface area (Å²) in [7, 11) is -10.1. The number of rotatable bonds is 13. The van der Waals surface area contributed by atoms with Crippen LogP contribution in [0.1, 0.15) is 16.8 Å². The standard InChI is InChI=1S/C24H21BrN4O14S2/c25-13(9-26-16(24(36)37)8-19(30)31)22(33)27-10-4-5-14(12(6-10)23(34)35)28-29-15-7-18(45(41,42)43)11-2-1-3-17(44(38,39)40)20(11)21(15)32/h1-7,13,16,26,32H,8-9H2,(H,27,33)(H,30,31)(H,34,35)(H,36,37)(H,38,39,40)(H,41,42,43). The number of fused-ring (bicyclic) bond motifs is 1. The van der Waals surface area contributed by atoms with Crippen LogP contribution in [0.15, 0.2) is 62.5 Å². The molecule has 0 aliphatic carbocycles. The van der Waals surface area contributed by atoms with E-state index in [1.807, 2.05) is 0 Å². The summed E-state index contributed by atoms with van der Waals surface area (Å²) in [6.07, 6.45) is -0.759. The minimum Gasteiger partial charge on any atom is -0.505 e. The molecule has 3 aromatic rings. The van der Waals surface area contributed by atoms with Crippen molar-refractivity contribution in [3.8, 4) is 5.75 Å². The number of anilines is 1. The number of aliphatic carboxylic acids is 2. The van der Waals surface area contributed by atoms with Gasteiger partial charge in [0.15, 0.2) is 5.75 Å². The number of phenolic OH excluding ortho intramolecular Hbond substituents is 1. The lowest BCUT2D eigenvalue weighted by Gasteiger charge is -2.16. The van der Waals surface area contributed by atoms with Gasteiger partial charge in [-0.1, -0.05) is 28.1 Å². The highest BCUT2D eigenvalue weighted by Crippen LogP contribution is 2.42. The maximum Gasteiger partial charge on any atom is 0.338 e. The number of aromatic hydroxyl groups is 1. The number of aromatic carboxylic acids is 1. The van der Waals surface area contributed by atoms with E-state index >= 15 is 0 Å². The largest absolute Gasteiger partial charge is 0.505 e. The second kappa shape index (κ2) is 13.6. The van der Waals surface area contributed by atoms with E-state index < -0.39 is 105 Å². The molecular formula is C24H21BrN4O14S2. The van der Waals surface area contributed by atoms with Gasteiger partial charge in [-0.15, -0.1) is 10.2 Å². The molecule has 0 spiro atoms. The average molecular weight is 733 g/mol. The van der Waals surface area contributed by atoms with E-state index in [1.165, 1.54) is 6.07 Å². The average Bonchev–Trinajstić information content (AvgIpc) is 2.93. The molecule has 0 radical (unpaired) electrons. The van der Waals surface area contributed by atoms with Crippen molar-refractivity contribution >= 4 is 87.8 Å². The van der Waals surface area contributed by atoms with E-state index in [4.69, 9.17) is 10.2 Å². The molecule has 45 heavy (non-hydrogen) atoms. The number of carbonyl (C=O) groups is 4. The van der Waals surface area contributed by atoms with Crippen LogP contribution in [0.4, 0.5) is 17.1 Å². The number of azo groups is 1. The monoisotopic (exact) mass is 732 g/mol. The third-order valence-corrected chi connectivity index (χ3v) is 8.39. The molecule has 0 aliphatic heterocycles. The fourth-order valence-corrected chi connectivity index (χ4v) is 5.57. The molecule has 2 unspecified atom stereocenters. The predicted molar refractivity (Wildman–Crippen MR) is 156 cm³/mol. The van der Waals surface area contributed by atoms with Gasteiger partial charge in [0, 0.05) is 23.0 Å². The second-order valence-corrected chi connectivity index (χ2v) is 12.8. The van der Waals surface area contributed by atoms with E-state index in [1.54, 1.807) is 0 Å². The number of carboxylic acid groups (broad SMARTS) is 3. The lowest BCUT2D eigenvalue weighted by molar-refractivity contribution is -0.145. The van der Waals surface area contributed by atoms with Gasteiger partial charge >= 0.3 is 17.9 Å². The molecule has 0 fully saturated rings. The molecule has 0 saturated heterocycles. The number of nitrogens with zero attached hydrogens (tertiary/aromatic N) is 2. The fourth-order valence-electron chi connectivity index (χ4n) is 3.84. The summed E-state index contributed by atoms with van der Waals surface area (Å²) in [6, 6.07) is 5.25. The summed E-state index contributed by atoms with van der Waals surface area (Å²) in [5, 5.41) is 49.2. The summed E-state index contributed by atoms with van der Waals surface area (Å²) in [5.74, 6) is -6.19. The van der Waals surface area contributed by atoms with Crippen molar-refractivity contribution in [1.29, 1.82) is 0 Å². The van der Waals surface area contributed by atoms with Crippen LogP contribution >= 0.6 is 15.9 Å². The maximum atomic E-state index is 12.5. The zero-order valence-electron chi connectivity index (χ0n) is 22.1. The Bertz CT molecular complexity index is 1970. The van der Waals surface area contributed by atoms with E-state index in [0.717, 1.165) is 30.3 Å². The van der Waals surface area contributed by atoms with Gasteiger partial charge < -0.3 is 31.1 Å². The molecule has 21 heteroatoms. The number of carboxylic acids is 3. The van der Waals surface area contributed by atoms with Gasteiger partial charge in [-0.05, 0) is 30.3 Å². The molecule has 1 amide bonds. The Morgan fingerprint density at radius 3 is 2.04 bits per heavy atom. The number of hydrogen-bond donors (Lipinski definition) is 8. The van der Waals surface area contributed by atoms with Crippen molar-refractivity contribution in [2.24, 2.45) is 10.2 Å². The molecule has 3 aromatic carbocycles. The van der Waals surface area contributed by atoms with Gasteiger partial charge in [0.2, 0.25) is 5.91 Å². The number of amides is 1. The Balaban J connectivity index is 1.96. The van der Waals surface area contributed by atoms with E-state index in [2.05, 4.69) is 36.8 Å². The Morgan fingerprint density at radius 1 is 0.867 bits per heavy atom. The summed E-state index contributed by atoms with van der Waals surface area (Å²) in [6.45, 7) is -0.325. The third kappa shape index (κ3) is 8.55. The molecule has 18 nitrogen and oxygen atoms in total. The van der Waals surface area contributed by atoms with Gasteiger partial charge in [0.05, 0.1) is 12.0 Å². The number of carbonyl (C=O) groups excluding carboxylic acids is 1. The predicted octanol–water partition coefficient (Wildman–Crippen LogP) is 2.37. The summed E-state index contributed by atoms with van der Waals surface area (Å²) < 4.78 is 67.1. The molecule has 0 saturated carbocycles. The lowest BCUT2D eigenvalue weighted by Crippen LogP contribution is -2.43. The quantitative estimate of drug-likeness (QED) is 0.0710. The Labute approximate surface area is 261 Å². The maximum absolute atomic E-state index is 12.5. The van der Waals surface area contributed by atoms with Crippen molar-refractivity contribution in [3.05, 3.63) is 48.0 Å². The fraction of sp³-hybridized carbons (Fsp3) is 0.167. The summed E-state index contributed by atoms with van der Waals surface area (Å²) >= 11 is 3.02. The molecule has 2 atom stereocenters. The Morgan fingerprint density at radius 2 is 1.49 bits per heavy atom. The smallest absolute Gasteiger partial charge is 0.338 e. The number of benzene rings is 3. The van der Waals surface area contributed by atoms with Crippen LogP contribution in [-0.4, -0.2) is 87.6 Å². The highest BCUT2D eigenvalue weighted by atomic mass is 79.9. The van der Waals surface area contributed by atoms with Crippen LogP contribution in [0.2, 0.25) is 0 Å². The van der Waals surface area contributed by atoms with Crippen molar-refractivity contribution in [2.45, 2.75) is 27.1 Å². The third-order valence-electron chi connectivity index (χ3n) is 5.86. The van der Waals surface area contributed by atoms with Crippen molar-refractivity contribution in [1.82, 2.24) is 5.32 Å². The van der Waals surface area contributed by atoms with Crippen molar-refractivity contribution in [2.75, 3.05) is 11.9 Å². The van der Waals surface area contributed by atoms with Gasteiger partial charge in [-0.3, -0.25) is 23.5 Å². The molecule has 240 valence electrons. The van der Waals surface area contributed by atoms with E-state index in [-0.39, 0.29) is 12.2 Å². The van der Waals surface area contributed by atoms with Crippen LogP contribution in [0, 0.1) is 0 Å². The van der Waals surface area contributed by atoms with Gasteiger partial charge in [-0.2, -0.15) is 16.8 Å². The molecule has 0 aromatic heterocycles. The number of hydrogen-bond acceptors (Lipinski definition) is 12. The molecule has 0 bridgehead atoms. The first-order chi connectivity index (χ1) is 20.8. The minimum atomic E-state index is -5.07. The Kier molecular flexibility index (Phi) is 10.6. The first-order valence-corrected chi connectivity index (χ1v) is 15.8.